The van der Waals surface area contributed by atoms with Gasteiger partial charge in [0.25, 0.3) is 0 Å². The number of carbonyl (C=O) groups is 1. The average molecular weight is 410 g/mol. The molecule has 0 aromatic heterocycles. The maximum absolute atomic E-state index is 12.7. The standard InChI is InChI=1S/C17H16BrNO4S/c1-23-17(20)14-10-12(7-8-15(14)18)24(21,22)19-16-9-6-11-4-2-3-5-13(11)16/h2-5,7-8,10,16,19H,6,9H2,1H3/t16-/m0/s1. The number of rotatable bonds is 4. The van der Waals surface area contributed by atoms with E-state index in [1.165, 1.54) is 25.3 Å². The maximum atomic E-state index is 12.7. The van der Waals surface area contributed by atoms with Gasteiger partial charge in [-0.2, -0.15) is 0 Å². The number of halogens is 1. The van der Waals surface area contributed by atoms with Gasteiger partial charge in [0.2, 0.25) is 10.0 Å². The summed E-state index contributed by atoms with van der Waals surface area (Å²) in [4.78, 5) is 11.8. The summed E-state index contributed by atoms with van der Waals surface area (Å²) >= 11 is 3.23. The van der Waals surface area contributed by atoms with E-state index in [1.807, 2.05) is 24.3 Å². The zero-order valence-corrected chi connectivity index (χ0v) is 15.4. The third-order valence-electron chi connectivity index (χ3n) is 4.08. The number of benzene rings is 2. The molecule has 0 fully saturated rings. The first kappa shape index (κ1) is 17.1. The van der Waals surface area contributed by atoms with Gasteiger partial charge in [0.1, 0.15) is 0 Å². The van der Waals surface area contributed by atoms with Gasteiger partial charge in [0, 0.05) is 10.5 Å². The Kier molecular flexibility index (Phi) is 4.76. The van der Waals surface area contributed by atoms with Crippen molar-refractivity contribution in [3.05, 3.63) is 63.6 Å². The molecule has 0 saturated heterocycles. The van der Waals surface area contributed by atoms with E-state index in [1.54, 1.807) is 0 Å². The molecule has 0 amide bonds. The number of aryl methyl sites for hydroxylation is 1. The van der Waals surface area contributed by atoms with E-state index in [0.29, 0.717) is 4.47 Å². The first-order valence-electron chi connectivity index (χ1n) is 7.40. The summed E-state index contributed by atoms with van der Waals surface area (Å²) in [6, 6.07) is 11.9. The molecule has 0 aliphatic heterocycles. The number of nitrogens with one attached hydrogen (secondary N) is 1. The largest absolute Gasteiger partial charge is 0.465 e. The predicted molar refractivity (Wildman–Crippen MR) is 93.3 cm³/mol. The summed E-state index contributed by atoms with van der Waals surface area (Å²) in [7, 11) is -2.49. The lowest BCUT2D eigenvalue weighted by Gasteiger charge is -2.15. The number of fused-ring (bicyclic) bond motifs is 1. The minimum Gasteiger partial charge on any atom is -0.465 e. The van der Waals surface area contributed by atoms with Crippen molar-refractivity contribution in [3.8, 4) is 0 Å². The highest BCUT2D eigenvalue weighted by molar-refractivity contribution is 9.10. The Balaban J connectivity index is 1.91. The van der Waals surface area contributed by atoms with E-state index >= 15 is 0 Å². The van der Waals surface area contributed by atoms with Crippen molar-refractivity contribution in [2.45, 2.75) is 23.8 Å². The molecule has 5 nitrogen and oxygen atoms in total. The van der Waals surface area contributed by atoms with Crippen molar-refractivity contribution >= 4 is 31.9 Å². The van der Waals surface area contributed by atoms with Crippen molar-refractivity contribution in [3.63, 3.8) is 0 Å². The first-order valence-corrected chi connectivity index (χ1v) is 9.68. The molecular weight excluding hydrogens is 394 g/mol. The highest BCUT2D eigenvalue weighted by Crippen LogP contribution is 2.32. The van der Waals surface area contributed by atoms with Crippen LogP contribution in [0.5, 0.6) is 0 Å². The van der Waals surface area contributed by atoms with Crippen LogP contribution in [0.1, 0.15) is 33.9 Å². The predicted octanol–water partition coefficient (Wildman–Crippen LogP) is 3.20. The second-order valence-corrected chi connectivity index (χ2v) is 8.11. The van der Waals surface area contributed by atoms with Crippen LogP contribution in [0.25, 0.3) is 0 Å². The van der Waals surface area contributed by atoms with Crippen LogP contribution >= 0.6 is 15.9 Å². The summed E-state index contributed by atoms with van der Waals surface area (Å²) in [5.41, 5.74) is 2.34. The molecule has 0 unspecified atom stereocenters. The Bertz CT molecular complexity index is 895. The van der Waals surface area contributed by atoms with E-state index in [-0.39, 0.29) is 16.5 Å². The number of hydrogen-bond acceptors (Lipinski definition) is 4. The molecule has 126 valence electrons. The zero-order valence-electron chi connectivity index (χ0n) is 13.0. The van der Waals surface area contributed by atoms with Gasteiger partial charge in [-0.3, -0.25) is 0 Å². The van der Waals surface area contributed by atoms with Crippen LogP contribution < -0.4 is 4.72 Å². The molecule has 0 saturated carbocycles. The molecule has 24 heavy (non-hydrogen) atoms. The number of methoxy groups -OCH3 is 1. The van der Waals surface area contributed by atoms with Crippen molar-refractivity contribution in [1.29, 1.82) is 0 Å². The fourth-order valence-corrected chi connectivity index (χ4v) is 4.56. The Hall–Kier alpha value is -1.70. The molecular formula is C17H16BrNO4S. The second kappa shape index (κ2) is 6.66. The summed E-state index contributed by atoms with van der Waals surface area (Å²) < 4.78 is 33.3. The molecule has 3 rings (SSSR count). The number of ether oxygens (including phenoxy) is 1. The number of sulfonamides is 1. The first-order chi connectivity index (χ1) is 11.4. The van der Waals surface area contributed by atoms with E-state index in [0.717, 1.165) is 24.0 Å². The quantitative estimate of drug-likeness (QED) is 0.786. The molecule has 1 atom stereocenters. The van der Waals surface area contributed by atoms with Gasteiger partial charge >= 0.3 is 5.97 Å². The number of hydrogen-bond donors (Lipinski definition) is 1. The fourth-order valence-electron chi connectivity index (χ4n) is 2.87. The molecule has 1 N–H and O–H groups in total. The van der Waals surface area contributed by atoms with Crippen LogP contribution in [0.2, 0.25) is 0 Å². The van der Waals surface area contributed by atoms with Crippen LogP contribution in [0.15, 0.2) is 51.8 Å². The minimum atomic E-state index is -3.75. The van der Waals surface area contributed by atoms with Crippen LogP contribution in [0.3, 0.4) is 0 Å². The van der Waals surface area contributed by atoms with Crippen LogP contribution in [-0.4, -0.2) is 21.5 Å². The van der Waals surface area contributed by atoms with Crippen LogP contribution in [0.4, 0.5) is 0 Å². The summed E-state index contributed by atoms with van der Waals surface area (Å²) in [5, 5.41) is 0. The van der Waals surface area contributed by atoms with E-state index in [2.05, 4.69) is 25.4 Å². The van der Waals surface area contributed by atoms with Crippen molar-refractivity contribution < 1.29 is 17.9 Å². The molecule has 0 radical (unpaired) electrons. The third-order valence-corrected chi connectivity index (χ3v) is 6.24. The fraction of sp³-hybridized carbons (Fsp3) is 0.235. The second-order valence-electron chi connectivity index (χ2n) is 5.54. The molecule has 0 heterocycles. The van der Waals surface area contributed by atoms with Gasteiger partial charge in [0.15, 0.2) is 0 Å². The van der Waals surface area contributed by atoms with Crippen molar-refractivity contribution in [2.75, 3.05) is 7.11 Å². The summed E-state index contributed by atoms with van der Waals surface area (Å²) in [6.07, 6.45) is 1.57. The Labute approximate surface area is 149 Å². The molecule has 0 bridgehead atoms. The molecule has 0 spiro atoms. The highest BCUT2D eigenvalue weighted by atomic mass is 79.9. The average Bonchev–Trinajstić information content (AvgIpc) is 2.97. The SMILES string of the molecule is COC(=O)c1cc(S(=O)(=O)N[C@H]2CCc3ccccc32)ccc1Br. The van der Waals surface area contributed by atoms with Gasteiger partial charge in [-0.25, -0.2) is 17.9 Å². The molecule has 1 aliphatic carbocycles. The smallest absolute Gasteiger partial charge is 0.339 e. The Morgan fingerprint density at radius 2 is 2.00 bits per heavy atom. The molecule has 7 heteroatoms. The van der Waals surface area contributed by atoms with E-state index in [9.17, 15) is 13.2 Å². The van der Waals surface area contributed by atoms with Crippen LogP contribution in [-0.2, 0) is 21.2 Å². The van der Waals surface area contributed by atoms with Gasteiger partial charge in [-0.15, -0.1) is 0 Å². The zero-order chi connectivity index (χ0) is 17.3. The lowest BCUT2D eigenvalue weighted by molar-refractivity contribution is 0.0599. The van der Waals surface area contributed by atoms with Gasteiger partial charge in [-0.1, -0.05) is 24.3 Å². The Morgan fingerprint density at radius 3 is 2.75 bits per heavy atom. The molecule has 1 aliphatic rings. The minimum absolute atomic E-state index is 0.0375. The molecule has 2 aromatic carbocycles. The Morgan fingerprint density at radius 1 is 1.25 bits per heavy atom. The van der Waals surface area contributed by atoms with Crippen LogP contribution in [0, 0.1) is 0 Å². The summed E-state index contributed by atoms with van der Waals surface area (Å²) in [5.74, 6) is -0.592. The number of carbonyl (C=O) groups excluding carboxylic acids is 1. The number of esters is 1. The van der Waals surface area contributed by atoms with Crippen molar-refractivity contribution in [2.24, 2.45) is 0 Å². The van der Waals surface area contributed by atoms with Gasteiger partial charge in [0.05, 0.1) is 17.6 Å². The normalized spacial score (nSPS) is 16.7. The lowest BCUT2D eigenvalue weighted by Crippen LogP contribution is -2.27. The van der Waals surface area contributed by atoms with Gasteiger partial charge in [-0.05, 0) is 58.1 Å². The monoisotopic (exact) mass is 409 g/mol. The molecule has 2 aromatic rings. The van der Waals surface area contributed by atoms with E-state index < -0.39 is 16.0 Å². The third kappa shape index (κ3) is 3.24. The van der Waals surface area contributed by atoms with Crippen molar-refractivity contribution in [1.82, 2.24) is 4.72 Å². The maximum Gasteiger partial charge on any atom is 0.339 e. The highest BCUT2D eigenvalue weighted by Gasteiger charge is 2.28. The van der Waals surface area contributed by atoms with E-state index in [4.69, 9.17) is 0 Å². The summed E-state index contributed by atoms with van der Waals surface area (Å²) in [6.45, 7) is 0. The van der Waals surface area contributed by atoms with Gasteiger partial charge < -0.3 is 4.74 Å². The topological polar surface area (TPSA) is 72.5 Å². The lowest BCUT2D eigenvalue weighted by atomic mass is 10.1.